The molecule has 2 heterocycles. The summed E-state index contributed by atoms with van der Waals surface area (Å²) in [5, 5.41) is 0. The lowest BCUT2D eigenvalue weighted by Gasteiger charge is -2.35. The minimum absolute atomic E-state index is 0.225. The lowest BCUT2D eigenvalue weighted by molar-refractivity contribution is -0.138. The third-order valence-corrected chi connectivity index (χ3v) is 4.80. The molecule has 1 amide bonds. The van der Waals surface area contributed by atoms with Crippen LogP contribution in [0.15, 0.2) is 12.4 Å². The third-order valence-electron chi connectivity index (χ3n) is 4.80. The van der Waals surface area contributed by atoms with Crippen LogP contribution in [0.1, 0.15) is 31.2 Å². The van der Waals surface area contributed by atoms with E-state index >= 15 is 0 Å². The second-order valence-corrected chi connectivity index (χ2v) is 6.05. The Kier molecular flexibility index (Phi) is 3.49. The summed E-state index contributed by atoms with van der Waals surface area (Å²) >= 11 is 0. The molecule has 1 saturated carbocycles. The Morgan fingerprint density at radius 2 is 1.77 bits per heavy atom. The van der Waals surface area contributed by atoms with Crippen LogP contribution < -0.4 is 10.6 Å². The summed E-state index contributed by atoms with van der Waals surface area (Å²) in [7, 11) is 0. The molecular formula is C14H17F3N4O. The second-order valence-electron chi connectivity index (χ2n) is 6.05. The molecule has 8 heteroatoms. The fourth-order valence-electron chi connectivity index (χ4n) is 3.25. The minimum atomic E-state index is -4.43. The van der Waals surface area contributed by atoms with Gasteiger partial charge < -0.3 is 10.6 Å². The zero-order valence-corrected chi connectivity index (χ0v) is 11.9. The van der Waals surface area contributed by atoms with Gasteiger partial charge in [-0.3, -0.25) is 4.79 Å². The first-order valence-electron chi connectivity index (χ1n) is 7.27. The normalized spacial score (nSPS) is 21.7. The quantitative estimate of drug-likeness (QED) is 0.926. The van der Waals surface area contributed by atoms with E-state index in [0.717, 1.165) is 38.1 Å². The highest BCUT2D eigenvalue weighted by Crippen LogP contribution is 2.55. The van der Waals surface area contributed by atoms with Gasteiger partial charge in [0.2, 0.25) is 11.9 Å². The van der Waals surface area contributed by atoms with Crippen molar-refractivity contribution in [2.45, 2.75) is 31.9 Å². The number of primary amides is 1. The van der Waals surface area contributed by atoms with Crippen molar-refractivity contribution in [2.75, 3.05) is 18.0 Å². The number of piperidine rings is 1. The average Bonchev–Trinajstić information content (AvgIpc) is 3.28. The molecule has 2 N–H and O–H groups in total. The Labute approximate surface area is 125 Å². The number of anilines is 1. The van der Waals surface area contributed by atoms with Crippen LogP contribution in [0.3, 0.4) is 0 Å². The van der Waals surface area contributed by atoms with Crippen LogP contribution in [0, 0.1) is 11.3 Å². The Hall–Kier alpha value is -1.86. The van der Waals surface area contributed by atoms with Gasteiger partial charge in [0, 0.05) is 25.5 Å². The average molecular weight is 314 g/mol. The summed E-state index contributed by atoms with van der Waals surface area (Å²) in [5.41, 5.74) is 4.29. The van der Waals surface area contributed by atoms with Crippen molar-refractivity contribution in [2.24, 2.45) is 17.1 Å². The molecule has 1 aromatic heterocycles. The van der Waals surface area contributed by atoms with Gasteiger partial charge in [0.1, 0.15) is 0 Å². The van der Waals surface area contributed by atoms with Crippen molar-refractivity contribution in [3.05, 3.63) is 18.0 Å². The molecule has 0 atom stereocenters. The molecule has 3 rings (SSSR count). The first-order chi connectivity index (χ1) is 10.3. The van der Waals surface area contributed by atoms with Gasteiger partial charge in [-0.2, -0.15) is 13.2 Å². The number of amides is 1. The summed E-state index contributed by atoms with van der Waals surface area (Å²) in [5.74, 6) is 0.336. The Morgan fingerprint density at radius 3 is 2.18 bits per heavy atom. The molecule has 1 aliphatic carbocycles. The van der Waals surface area contributed by atoms with E-state index in [0.29, 0.717) is 19.0 Å². The lowest BCUT2D eigenvalue weighted by atomic mass is 9.81. The van der Waals surface area contributed by atoms with Crippen LogP contribution in [-0.2, 0) is 11.0 Å². The van der Waals surface area contributed by atoms with E-state index < -0.39 is 11.7 Å². The van der Waals surface area contributed by atoms with Crippen molar-refractivity contribution >= 4 is 11.9 Å². The monoisotopic (exact) mass is 314 g/mol. The maximum atomic E-state index is 12.5. The summed E-state index contributed by atoms with van der Waals surface area (Å²) < 4.78 is 37.5. The van der Waals surface area contributed by atoms with Gasteiger partial charge in [0.15, 0.2) is 0 Å². The molecule has 2 aliphatic rings. The molecule has 0 aromatic carbocycles. The molecule has 120 valence electrons. The van der Waals surface area contributed by atoms with Crippen molar-refractivity contribution in [1.82, 2.24) is 9.97 Å². The summed E-state index contributed by atoms with van der Waals surface area (Å²) in [6, 6.07) is 0. The van der Waals surface area contributed by atoms with Gasteiger partial charge in [-0.1, -0.05) is 0 Å². The fraction of sp³-hybridized carbons (Fsp3) is 0.643. The highest BCUT2D eigenvalue weighted by atomic mass is 19.4. The SMILES string of the molecule is NC(=O)C1(C2CCN(c3ncc(C(F)(F)F)cn3)CC2)CC1. The zero-order chi connectivity index (χ0) is 16.0. The van der Waals surface area contributed by atoms with E-state index in [1.807, 2.05) is 4.90 Å². The molecule has 0 spiro atoms. The Morgan fingerprint density at radius 1 is 1.23 bits per heavy atom. The van der Waals surface area contributed by atoms with Crippen molar-refractivity contribution in [1.29, 1.82) is 0 Å². The number of nitrogens with zero attached hydrogens (tertiary/aromatic N) is 3. The van der Waals surface area contributed by atoms with Crippen molar-refractivity contribution in [3.63, 3.8) is 0 Å². The summed E-state index contributed by atoms with van der Waals surface area (Å²) in [4.78, 5) is 21.0. The number of carbonyl (C=O) groups excluding carboxylic acids is 1. The number of halogens is 3. The van der Waals surface area contributed by atoms with Gasteiger partial charge in [-0.25, -0.2) is 9.97 Å². The van der Waals surface area contributed by atoms with E-state index in [4.69, 9.17) is 5.73 Å². The van der Waals surface area contributed by atoms with E-state index in [1.54, 1.807) is 0 Å². The van der Waals surface area contributed by atoms with Crippen LogP contribution in [0.25, 0.3) is 0 Å². The molecule has 0 bridgehead atoms. The van der Waals surface area contributed by atoms with Gasteiger partial charge in [-0.15, -0.1) is 0 Å². The van der Waals surface area contributed by atoms with Crippen LogP contribution in [0.2, 0.25) is 0 Å². The molecule has 5 nitrogen and oxygen atoms in total. The number of hydrogen-bond acceptors (Lipinski definition) is 4. The van der Waals surface area contributed by atoms with Crippen LogP contribution in [0.4, 0.5) is 19.1 Å². The lowest BCUT2D eigenvalue weighted by Crippen LogP contribution is -2.41. The largest absolute Gasteiger partial charge is 0.419 e. The molecule has 1 aliphatic heterocycles. The van der Waals surface area contributed by atoms with Crippen LogP contribution in [0.5, 0.6) is 0 Å². The molecular weight excluding hydrogens is 297 g/mol. The standard InChI is InChI=1S/C14H17F3N4O/c15-14(16,17)10-7-19-12(20-8-10)21-5-1-9(2-6-21)13(3-4-13)11(18)22/h7-9H,1-6H2,(H2,18,22). The minimum Gasteiger partial charge on any atom is -0.369 e. The zero-order valence-electron chi connectivity index (χ0n) is 11.9. The molecule has 1 saturated heterocycles. The van der Waals surface area contributed by atoms with Gasteiger partial charge in [-0.05, 0) is 31.6 Å². The summed E-state index contributed by atoms with van der Waals surface area (Å²) in [6.07, 6.45) is 0.458. The summed E-state index contributed by atoms with van der Waals surface area (Å²) in [6.45, 7) is 1.26. The number of hydrogen-bond donors (Lipinski definition) is 1. The maximum absolute atomic E-state index is 12.5. The molecule has 1 aromatic rings. The maximum Gasteiger partial charge on any atom is 0.419 e. The molecule has 0 unspecified atom stereocenters. The van der Waals surface area contributed by atoms with Crippen molar-refractivity contribution in [3.8, 4) is 0 Å². The van der Waals surface area contributed by atoms with Gasteiger partial charge in [0.25, 0.3) is 0 Å². The highest BCUT2D eigenvalue weighted by Gasteiger charge is 2.54. The first-order valence-corrected chi connectivity index (χ1v) is 7.27. The number of rotatable bonds is 3. The number of alkyl halides is 3. The van der Waals surface area contributed by atoms with Crippen LogP contribution in [-0.4, -0.2) is 29.0 Å². The first kappa shape index (κ1) is 15.1. The Bertz CT molecular complexity index is 560. The third kappa shape index (κ3) is 2.62. The fourth-order valence-corrected chi connectivity index (χ4v) is 3.25. The van der Waals surface area contributed by atoms with Crippen LogP contribution >= 0.6 is 0 Å². The van der Waals surface area contributed by atoms with Gasteiger partial charge >= 0.3 is 6.18 Å². The number of nitrogens with two attached hydrogens (primary N) is 1. The predicted molar refractivity (Wildman–Crippen MR) is 72.8 cm³/mol. The van der Waals surface area contributed by atoms with Gasteiger partial charge in [0.05, 0.1) is 11.0 Å². The van der Waals surface area contributed by atoms with E-state index in [1.165, 1.54) is 0 Å². The molecule has 0 radical (unpaired) electrons. The highest BCUT2D eigenvalue weighted by molar-refractivity contribution is 5.84. The molecule has 22 heavy (non-hydrogen) atoms. The van der Waals surface area contributed by atoms with Crippen molar-refractivity contribution < 1.29 is 18.0 Å². The van der Waals surface area contributed by atoms with E-state index in [2.05, 4.69) is 9.97 Å². The topological polar surface area (TPSA) is 72.1 Å². The van der Waals surface area contributed by atoms with E-state index in [-0.39, 0.29) is 17.2 Å². The second kappa shape index (κ2) is 5.10. The number of carbonyl (C=O) groups is 1. The van der Waals surface area contributed by atoms with E-state index in [9.17, 15) is 18.0 Å². The smallest absolute Gasteiger partial charge is 0.369 e. The Balaban J connectivity index is 1.63. The number of aromatic nitrogens is 2. The predicted octanol–water partition coefficient (Wildman–Crippen LogP) is 1.98. The molecule has 2 fully saturated rings.